The van der Waals surface area contributed by atoms with Crippen LogP contribution in [-0.2, 0) is 11.4 Å². The quantitative estimate of drug-likeness (QED) is 0.688. The van der Waals surface area contributed by atoms with E-state index in [0.717, 1.165) is 24.2 Å². The van der Waals surface area contributed by atoms with Gasteiger partial charge in [-0.1, -0.05) is 30.3 Å². The standard InChI is InChI=1S/C21H26N2O3.ClH/c1-21(15-22,17-7-8-17)23-20(24)14-26-19-11-9-18(10-12-19)25-13-16-5-3-2-4-6-16;/h2-6,9-12,17H,7-8,13-15,22H2,1H3,(H,23,24);1H. The molecule has 1 fully saturated rings. The maximum Gasteiger partial charge on any atom is 0.258 e. The predicted octanol–water partition coefficient (Wildman–Crippen LogP) is 3.31. The number of halogens is 1. The summed E-state index contributed by atoms with van der Waals surface area (Å²) in [5, 5.41) is 3.01. The van der Waals surface area contributed by atoms with Gasteiger partial charge in [0.1, 0.15) is 18.1 Å². The number of hydrogen-bond donors (Lipinski definition) is 2. The summed E-state index contributed by atoms with van der Waals surface area (Å²) in [6, 6.07) is 17.3. The summed E-state index contributed by atoms with van der Waals surface area (Å²) in [7, 11) is 0. The lowest BCUT2D eigenvalue weighted by Crippen LogP contribution is -2.54. The molecular formula is C21H27ClN2O3. The van der Waals surface area contributed by atoms with E-state index >= 15 is 0 Å². The number of benzene rings is 2. The van der Waals surface area contributed by atoms with Crippen LogP contribution in [0.3, 0.4) is 0 Å². The molecule has 0 bridgehead atoms. The highest BCUT2D eigenvalue weighted by molar-refractivity contribution is 5.85. The van der Waals surface area contributed by atoms with Crippen molar-refractivity contribution in [2.24, 2.45) is 11.7 Å². The summed E-state index contributed by atoms with van der Waals surface area (Å²) in [6.07, 6.45) is 2.25. The van der Waals surface area contributed by atoms with Crippen molar-refractivity contribution >= 4 is 18.3 Å². The lowest BCUT2D eigenvalue weighted by atomic mass is 9.96. The molecule has 0 radical (unpaired) electrons. The van der Waals surface area contributed by atoms with Crippen LogP contribution in [0.15, 0.2) is 54.6 Å². The van der Waals surface area contributed by atoms with Gasteiger partial charge >= 0.3 is 0 Å². The molecule has 3 rings (SSSR count). The molecule has 0 spiro atoms. The predicted molar refractivity (Wildman–Crippen MR) is 108 cm³/mol. The molecule has 6 heteroatoms. The topological polar surface area (TPSA) is 73.6 Å². The number of nitrogens with one attached hydrogen (secondary N) is 1. The number of nitrogens with two attached hydrogens (primary N) is 1. The van der Waals surface area contributed by atoms with Crippen LogP contribution >= 0.6 is 12.4 Å². The van der Waals surface area contributed by atoms with Crippen LogP contribution in [-0.4, -0.2) is 24.6 Å². The maximum absolute atomic E-state index is 12.1. The second-order valence-corrected chi connectivity index (χ2v) is 6.98. The summed E-state index contributed by atoms with van der Waals surface area (Å²) >= 11 is 0. The molecule has 1 unspecified atom stereocenters. The minimum atomic E-state index is -0.324. The van der Waals surface area contributed by atoms with E-state index in [1.54, 1.807) is 12.1 Å². The van der Waals surface area contributed by atoms with Crippen molar-refractivity contribution in [2.45, 2.75) is 31.9 Å². The number of carbonyl (C=O) groups is 1. The molecule has 0 heterocycles. The Hall–Kier alpha value is -2.24. The first kappa shape index (κ1) is 21.1. The van der Waals surface area contributed by atoms with Crippen LogP contribution in [0, 0.1) is 5.92 Å². The fraction of sp³-hybridized carbons (Fsp3) is 0.381. The molecule has 146 valence electrons. The molecule has 2 aromatic carbocycles. The molecule has 2 aromatic rings. The van der Waals surface area contributed by atoms with Crippen LogP contribution in [0.5, 0.6) is 11.5 Å². The molecular weight excluding hydrogens is 364 g/mol. The van der Waals surface area contributed by atoms with E-state index in [1.807, 2.05) is 49.4 Å². The zero-order valence-electron chi connectivity index (χ0n) is 15.5. The van der Waals surface area contributed by atoms with Crippen molar-refractivity contribution in [3.63, 3.8) is 0 Å². The van der Waals surface area contributed by atoms with Gasteiger partial charge in [0, 0.05) is 6.54 Å². The summed E-state index contributed by atoms with van der Waals surface area (Å²) < 4.78 is 11.3. The first-order chi connectivity index (χ1) is 12.6. The fourth-order valence-electron chi connectivity index (χ4n) is 2.92. The number of rotatable bonds is 9. The Morgan fingerprint density at radius 3 is 2.22 bits per heavy atom. The minimum absolute atomic E-state index is 0. The molecule has 5 nitrogen and oxygen atoms in total. The van der Waals surface area contributed by atoms with Crippen LogP contribution < -0.4 is 20.5 Å². The van der Waals surface area contributed by atoms with E-state index in [9.17, 15) is 4.79 Å². The average molecular weight is 391 g/mol. The molecule has 0 saturated heterocycles. The van der Waals surface area contributed by atoms with Gasteiger partial charge < -0.3 is 20.5 Å². The average Bonchev–Trinajstić information content (AvgIpc) is 3.52. The van der Waals surface area contributed by atoms with Gasteiger partial charge in [-0.15, -0.1) is 12.4 Å². The van der Waals surface area contributed by atoms with Crippen LogP contribution in [0.4, 0.5) is 0 Å². The molecule has 1 atom stereocenters. The summed E-state index contributed by atoms with van der Waals surface area (Å²) in [4.78, 5) is 12.1. The van der Waals surface area contributed by atoms with Gasteiger partial charge in [0.05, 0.1) is 5.54 Å². The lowest BCUT2D eigenvalue weighted by Gasteiger charge is -2.29. The van der Waals surface area contributed by atoms with E-state index in [4.69, 9.17) is 15.2 Å². The van der Waals surface area contributed by atoms with Gasteiger partial charge in [0.2, 0.25) is 0 Å². The minimum Gasteiger partial charge on any atom is -0.489 e. The van der Waals surface area contributed by atoms with Gasteiger partial charge in [0.25, 0.3) is 5.91 Å². The monoisotopic (exact) mass is 390 g/mol. The second kappa shape index (κ2) is 9.62. The fourth-order valence-corrected chi connectivity index (χ4v) is 2.92. The third-order valence-corrected chi connectivity index (χ3v) is 4.77. The van der Waals surface area contributed by atoms with E-state index in [1.165, 1.54) is 0 Å². The Morgan fingerprint density at radius 1 is 1.07 bits per heavy atom. The third-order valence-electron chi connectivity index (χ3n) is 4.77. The first-order valence-corrected chi connectivity index (χ1v) is 9.00. The van der Waals surface area contributed by atoms with Crippen molar-refractivity contribution in [1.82, 2.24) is 5.32 Å². The van der Waals surface area contributed by atoms with Crippen LogP contribution in [0.25, 0.3) is 0 Å². The SMILES string of the molecule is CC(CN)(NC(=O)COc1ccc(OCc2ccccc2)cc1)C1CC1.Cl. The highest BCUT2D eigenvalue weighted by atomic mass is 35.5. The first-order valence-electron chi connectivity index (χ1n) is 9.00. The van der Waals surface area contributed by atoms with E-state index < -0.39 is 0 Å². The summed E-state index contributed by atoms with van der Waals surface area (Å²) in [6.45, 7) is 2.94. The van der Waals surface area contributed by atoms with E-state index in [2.05, 4.69) is 5.32 Å². The molecule has 1 amide bonds. The third kappa shape index (κ3) is 6.15. The van der Waals surface area contributed by atoms with Gasteiger partial charge in [-0.25, -0.2) is 0 Å². The Kier molecular flexibility index (Phi) is 7.51. The van der Waals surface area contributed by atoms with Crippen LogP contribution in [0.1, 0.15) is 25.3 Å². The Bertz CT molecular complexity index is 720. The zero-order chi connectivity index (χ0) is 18.4. The second-order valence-electron chi connectivity index (χ2n) is 6.98. The van der Waals surface area contributed by atoms with Crippen molar-refractivity contribution in [3.05, 3.63) is 60.2 Å². The van der Waals surface area contributed by atoms with Gasteiger partial charge in [0.15, 0.2) is 6.61 Å². The number of hydrogen-bond acceptors (Lipinski definition) is 4. The van der Waals surface area contributed by atoms with Crippen molar-refractivity contribution in [3.8, 4) is 11.5 Å². The molecule has 0 aliphatic heterocycles. The zero-order valence-corrected chi connectivity index (χ0v) is 16.3. The molecule has 1 saturated carbocycles. The normalized spacial score (nSPS) is 15.2. The Labute approximate surface area is 166 Å². The molecule has 0 aromatic heterocycles. The number of carbonyl (C=O) groups excluding carboxylic acids is 1. The Balaban J connectivity index is 0.00000261. The summed E-state index contributed by atoms with van der Waals surface area (Å²) in [5.74, 6) is 1.73. The number of amides is 1. The molecule has 27 heavy (non-hydrogen) atoms. The highest BCUT2D eigenvalue weighted by Gasteiger charge is 2.41. The summed E-state index contributed by atoms with van der Waals surface area (Å²) in [5.41, 5.74) is 6.61. The van der Waals surface area contributed by atoms with Gasteiger partial charge in [-0.05, 0) is 55.5 Å². The Morgan fingerprint density at radius 2 is 1.67 bits per heavy atom. The van der Waals surface area contributed by atoms with Crippen LogP contribution in [0.2, 0.25) is 0 Å². The smallest absolute Gasteiger partial charge is 0.258 e. The van der Waals surface area contributed by atoms with Crippen molar-refractivity contribution < 1.29 is 14.3 Å². The van der Waals surface area contributed by atoms with E-state index in [-0.39, 0.29) is 30.5 Å². The van der Waals surface area contributed by atoms with Crippen molar-refractivity contribution in [1.29, 1.82) is 0 Å². The lowest BCUT2D eigenvalue weighted by molar-refractivity contribution is -0.125. The van der Waals surface area contributed by atoms with Gasteiger partial charge in [-0.3, -0.25) is 4.79 Å². The molecule has 1 aliphatic carbocycles. The number of ether oxygens (including phenoxy) is 2. The largest absolute Gasteiger partial charge is 0.489 e. The molecule has 3 N–H and O–H groups in total. The maximum atomic E-state index is 12.1. The molecule has 1 aliphatic rings. The van der Waals surface area contributed by atoms with E-state index in [0.29, 0.717) is 24.8 Å². The highest BCUT2D eigenvalue weighted by Crippen LogP contribution is 2.38. The van der Waals surface area contributed by atoms with Crippen molar-refractivity contribution in [2.75, 3.05) is 13.2 Å². The van der Waals surface area contributed by atoms with Gasteiger partial charge in [-0.2, -0.15) is 0 Å².